The highest BCUT2D eigenvalue weighted by molar-refractivity contribution is 7.84. The number of hydrogen-bond acceptors (Lipinski definition) is 5. The van der Waals surface area contributed by atoms with Gasteiger partial charge in [0.1, 0.15) is 5.82 Å². The smallest absolute Gasteiger partial charge is 0.202 e. The highest BCUT2D eigenvalue weighted by atomic mass is 32.2. The van der Waals surface area contributed by atoms with Gasteiger partial charge in [-0.3, -0.25) is 4.21 Å². The third-order valence-corrected chi connectivity index (χ3v) is 3.88. The van der Waals surface area contributed by atoms with Crippen molar-refractivity contribution < 1.29 is 4.21 Å². The average Bonchev–Trinajstić information content (AvgIpc) is 2.66. The van der Waals surface area contributed by atoms with Crippen LogP contribution in [0.4, 0.5) is 5.13 Å². The molecular weight excluding hydrogens is 230 g/mol. The standard InChI is InChI=1S/C9H17N3OS2/c1-4-15(13)6-5-10-9-11-8(7(2)3)12-14-9/h7H,4-6H2,1-3H3,(H,10,11,12). The lowest BCUT2D eigenvalue weighted by atomic mass is 10.2. The molecule has 0 saturated carbocycles. The molecule has 0 aliphatic rings. The average molecular weight is 247 g/mol. The Labute approximate surface area is 97.1 Å². The summed E-state index contributed by atoms with van der Waals surface area (Å²) < 4.78 is 15.4. The summed E-state index contributed by atoms with van der Waals surface area (Å²) in [6.07, 6.45) is 0. The molecule has 0 radical (unpaired) electrons. The third kappa shape index (κ3) is 4.25. The molecule has 86 valence electrons. The molecular formula is C9H17N3OS2. The van der Waals surface area contributed by atoms with Gasteiger partial charge in [-0.25, -0.2) is 4.98 Å². The first kappa shape index (κ1) is 12.6. The highest BCUT2D eigenvalue weighted by Gasteiger charge is 2.06. The maximum absolute atomic E-state index is 11.2. The Balaban J connectivity index is 2.34. The van der Waals surface area contributed by atoms with E-state index in [0.29, 0.717) is 18.2 Å². The first-order chi connectivity index (χ1) is 7.13. The quantitative estimate of drug-likeness (QED) is 0.833. The number of nitrogens with one attached hydrogen (secondary N) is 1. The van der Waals surface area contributed by atoms with Crippen LogP contribution in [0, 0.1) is 0 Å². The van der Waals surface area contributed by atoms with E-state index in [0.717, 1.165) is 16.7 Å². The van der Waals surface area contributed by atoms with Crippen molar-refractivity contribution in [2.75, 3.05) is 23.4 Å². The predicted molar refractivity (Wildman–Crippen MR) is 66.0 cm³/mol. The molecule has 0 amide bonds. The topological polar surface area (TPSA) is 54.9 Å². The molecule has 6 heteroatoms. The molecule has 0 bridgehead atoms. The second-order valence-corrected chi connectivity index (χ2v) is 6.09. The van der Waals surface area contributed by atoms with Crippen LogP contribution in [0.3, 0.4) is 0 Å². The van der Waals surface area contributed by atoms with Crippen molar-refractivity contribution in [1.29, 1.82) is 0 Å². The minimum atomic E-state index is -0.709. The molecule has 1 atom stereocenters. The van der Waals surface area contributed by atoms with E-state index in [4.69, 9.17) is 0 Å². The van der Waals surface area contributed by atoms with E-state index in [1.165, 1.54) is 11.5 Å². The van der Waals surface area contributed by atoms with Crippen LogP contribution in [0.5, 0.6) is 0 Å². The Kier molecular flexibility index (Phi) is 5.17. The molecule has 4 nitrogen and oxygen atoms in total. The van der Waals surface area contributed by atoms with Crippen molar-refractivity contribution in [2.45, 2.75) is 26.7 Å². The molecule has 0 fully saturated rings. The van der Waals surface area contributed by atoms with E-state index in [2.05, 4.69) is 28.5 Å². The van der Waals surface area contributed by atoms with Crippen molar-refractivity contribution in [3.63, 3.8) is 0 Å². The Morgan fingerprint density at radius 1 is 1.53 bits per heavy atom. The number of nitrogens with zero attached hydrogens (tertiary/aromatic N) is 2. The highest BCUT2D eigenvalue weighted by Crippen LogP contribution is 2.16. The SMILES string of the molecule is CCS(=O)CCNc1nc(C(C)C)ns1. The summed E-state index contributed by atoms with van der Waals surface area (Å²) in [7, 11) is -0.709. The van der Waals surface area contributed by atoms with E-state index in [9.17, 15) is 4.21 Å². The lowest BCUT2D eigenvalue weighted by Crippen LogP contribution is -2.11. The molecule has 1 aromatic rings. The minimum Gasteiger partial charge on any atom is -0.359 e. The number of rotatable bonds is 6. The van der Waals surface area contributed by atoms with Crippen molar-refractivity contribution >= 4 is 27.5 Å². The zero-order chi connectivity index (χ0) is 11.3. The Morgan fingerprint density at radius 3 is 2.80 bits per heavy atom. The molecule has 1 N–H and O–H groups in total. The summed E-state index contributed by atoms with van der Waals surface area (Å²) in [5.74, 6) is 2.63. The minimum absolute atomic E-state index is 0.363. The van der Waals surface area contributed by atoms with E-state index < -0.39 is 10.8 Å². The van der Waals surface area contributed by atoms with Gasteiger partial charge in [0.2, 0.25) is 5.13 Å². The molecule has 1 unspecified atom stereocenters. The van der Waals surface area contributed by atoms with E-state index in [-0.39, 0.29) is 0 Å². The van der Waals surface area contributed by atoms with Crippen LogP contribution in [-0.2, 0) is 10.8 Å². The summed E-state index contributed by atoms with van der Waals surface area (Å²) in [5, 5.41) is 3.96. The molecule has 0 saturated heterocycles. The van der Waals surface area contributed by atoms with Gasteiger partial charge >= 0.3 is 0 Å². The first-order valence-corrected chi connectivity index (χ1v) is 7.32. The van der Waals surface area contributed by atoms with E-state index >= 15 is 0 Å². The Bertz CT molecular complexity index is 325. The van der Waals surface area contributed by atoms with Crippen molar-refractivity contribution in [3.05, 3.63) is 5.82 Å². The maximum atomic E-state index is 11.2. The summed E-state index contributed by atoms with van der Waals surface area (Å²) in [6, 6.07) is 0. The van der Waals surface area contributed by atoms with Crippen LogP contribution >= 0.6 is 11.5 Å². The number of anilines is 1. The zero-order valence-corrected chi connectivity index (χ0v) is 11.0. The first-order valence-electron chi connectivity index (χ1n) is 5.06. The summed E-state index contributed by atoms with van der Waals surface area (Å²) in [5.41, 5.74) is 0. The Morgan fingerprint density at radius 2 is 2.27 bits per heavy atom. The van der Waals surface area contributed by atoms with Gasteiger partial charge in [-0.15, -0.1) is 0 Å². The third-order valence-electron chi connectivity index (χ3n) is 1.89. The van der Waals surface area contributed by atoms with Crippen molar-refractivity contribution in [2.24, 2.45) is 0 Å². The normalized spacial score (nSPS) is 13.1. The van der Waals surface area contributed by atoms with Crippen molar-refractivity contribution in [3.8, 4) is 0 Å². The molecule has 1 aromatic heterocycles. The number of hydrogen-bond donors (Lipinski definition) is 1. The zero-order valence-electron chi connectivity index (χ0n) is 9.32. The molecule has 0 aliphatic heterocycles. The van der Waals surface area contributed by atoms with Gasteiger partial charge in [0.05, 0.1) is 0 Å². The second-order valence-electron chi connectivity index (χ2n) is 3.47. The molecule has 1 rings (SSSR count). The second kappa shape index (κ2) is 6.17. The van der Waals surface area contributed by atoms with Gasteiger partial charge in [0, 0.05) is 46.3 Å². The van der Waals surface area contributed by atoms with Gasteiger partial charge < -0.3 is 5.32 Å². The fourth-order valence-electron chi connectivity index (χ4n) is 0.957. The lowest BCUT2D eigenvalue weighted by Gasteiger charge is -2.00. The molecule has 0 spiro atoms. The maximum Gasteiger partial charge on any atom is 0.202 e. The van der Waals surface area contributed by atoms with Gasteiger partial charge in [0.15, 0.2) is 0 Å². The van der Waals surface area contributed by atoms with Gasteiger partial charge in [0.25, 0.3) is 0 Å². The van der Waals surface area contributed by atoms with E-state index in [1.54, 1.807) is 0 Å². The molecule has 15 heavy (non-hydrogen) atoms. The number of aromatic nitrogens is 2. The molecule has 0 aromatic carbocycles. The van der Waals surface area contributed by atoms with Crippen LogP contribution in [0.1, 0.15) is 32.5 Å². The van der Waals surface area contributed by atoms with Gasteiger partial charge in [-0.05, 0) is 0 Å². The Hall–Kier alpha value is -0.490. The van der Waals surface area contributed by atoms with Gasteiger partial charge in [-0.2, -0.15) is 4.37 Å². The summed E-state index contributed by atoms with van der Waals surface area (Å²) in [4.78, 5) is 4.33. The van der Waals surface area contributed by atoms with Gasteiger partial charge in [-0.1, -0.05) is 20.8 Å². The fraction of sp³-hybridized carbons (Fsp3) is 0.778. The summed E-state index contributed by atoms with van der Waals surface area (Å²) >= 11 is 1.37. The fourth-order valence-corrected chi connectivity index (χ4v) is 2.31. The molecule has 0 aliphatic carbocycles. The van der Waals surface area contributed by atoms with Crippen LogP contribution in [0.15, 0.2) is 0 Å². The summed E-state index contributed by atoms with van der Waals surface area (Å²) in [6.45, 7) is 6.76. The van der Waals surface area contributed by atoms with E-state index in [1.807, 2.05) is 6.92 Å². The van der Waals surface area contributed by atoms with Crippen LogP contribution in [0.2, 0.25) is 0 Å². The lowest BCUT2D eigenvalue weighted by molar-refractivity contribution is 0.684. The molecule has 1 heterocycles. The largest absolute Gasteiger partial charge is 0.359 e. The predicted octanol–water partition coefficient (Wildman–Crippen LogP) is 1.84. The van der Waals surface area contributed by atoms with Crippen LogP contribution in [-0.4, -0.2) is 31.6 Å². The van der Waals surface area contributed by atoms with Crippen LogP contribution in [0.25, 0.3) is 0 Å². The monoisotopic (exact) mass is 247 g/mol. The van der Waals surface area contributed by atoms with Crippen LogP contribution < -0.4 is 5.32 Å². The van der Waals surface area contributed by atoms with Crippen molar-refractivity contribution in [1.82, 2.24) is 9.36 Å².